The van der Waals surface area contributed by atoms with Crippen LogP contribution in [0.15, 0.2) is 122 Å². The average molecular weight is 560 g/mol. The van der Waals surface area contributed by atoms with E-state index in [0.29, 0.717) is 16.5 Å². The van der Waals surface area contributed by atoms with Crippen LogP contribution in [-0.4, -0.2) is 27.2 Å². The number of amides is 1. The number of hydrogen-bond acceptors (Lipinski definition) is 4. The van der Waals surface area contributed by atoms with Crippen LogP contribution in [0, 0.1) is 6.92 Å². The van der Waals surface area contributed by atoms with E-state index in [9.17, 15) is 4.79 Å². The molecule has 6 rings (SSSR count). The van der Waals surface area contributed by atoms with Gasteiger partial charge < -0.3 is 24.8 Å². The van der Waals surface area contributed by atoms with Gasteiger partial charge in [-0.3, -0.25) is 9.78 Å². The van der Waals surface area contributed by atoms with Crippen LogP contribution in [0.3, 0.4) is 0 Å². The first kappa shape index (κ1) is 26.3. The van der Waals surface area contributed by atoms with Crippen molar-refractivity contribution >= 4 is 34.6 Å². The van der Waals surface area contributed by atoms with Gasteiger partial charge in [-0.2, -0.15) is 0 Å². The average Bonchev–Trinajstić information content (AvgIpc) is 3.62. The lowest BCUT2D eigenvalue weighted by Gasteiger charge is -2.29. The van der Waals surface area contributed by atoms with Gasteiger partial charge in [0.05, 0.1) is 11.7 Å². The summed E-state index contributed by atoms with van der Waals surface area (Å²) >= 11 is 5.91. The van der Waals surface area contributed by atoms with Gasteiger partial charge in [-0.15, -0.1) is 0 Å². The second-order valence-electron chi connectivity index (χ2n) is 9.84. The third-order valence-electron chi connectivity index (χ3n) is 7.00. The molecule has 0 spiro atoms. The Balaban J connectivity index is 1.29. The standard InChI is InChI=1S/C33H29N5O2S/c1-23-9-7-10-26(21-23)37-20-8-14-29(37)32-31(28-13-5-6-19-34-28)36-33(41)38(32)25-17-15-24(16-18-25)35-30(39)22-40-27-11-3-2-4-12-27/h2-21,31-32H,22H2,1H3,(H,35,39)(H,36,41)/t31-,32+/m0/s1. The van der Waals surface area contributed by atoms with Crippen molar-refractivity contribution in [1.29, 1.82) is 0 Å². The molecule has 1 aliphatic heterocycles. The van der Waals surface area contributed by atoms with E-state index in [1.807, 2.05) is 72.8 Å². The minimum atomic E-state index is -0.232. The fourth-order valence-electron chi connectivity index (χ4n) is 5.15. The summed E-state index contributed by atoms with van der Waals surface area (Å²) in [6, 6.07) is 35.2. The number of anilines is 2. The topological polar surface area (TPSA) is 71.4 Å². The van der Waals surface area contributed by atoms with Crippen molar-refractivity contribution in [2.75, 3.05) is 16.8 Å². The zero-order chi connectivity index (χ0) is 28.2. The maximum Gasteiger partial charge on any atom is 0.262 e. The van der Waals surface area contributed by atoms with Gasteiger partial charge in [0.15, 0.2) is 11.7 Å². The Morgan fingerprint density at radius 3 is 2.49 bits per heavy atom. The highest BCUT2D eigenvalue weighted by Crippen LogP contribution is 2.42. The molecule has 3 heterocycles. The van der Waals surface area contributed by atoms with Gasteiger partial charge in [-0.1, -0.05) is 36.4 Å². The molecule has 41 heavy (non-hydrogen) atoms. The third-order valence-corrected chi connectivity index (χ3v) is 7.32. The second kappa shape index (κ2) is 11.7. The Hall–Kier alpha value is -4.95. The zero-order valence-corrected chi connectivity index (χ0v) is 23.3. The van der Waals surface area contributed by atoms with Crippen LogP contribution in [0.5, 0.6) is 5.75 Å². The number of benzene rings is 3. The summed E-state index contributed by atoms with van der Waals surface area (Å²) in [5.74, 6) is 0.418. The highest BCUT2D eigenvalue weighted by atomic mass is 32.1. The number of pyridine rings is 1. The number of carbonyl (C=O) groups excluding carboxylic acids is 1. The third kappa shape index (κ3) is 5.69. The van der Waals surface area contributed by atoms with Crippen LogP contribution in [0.25, 0.3) is 5.69 Å². The quantitative estimate of drug-likeness (QED) is 0.215. The van der Waals surface area contributed by atoms with E-state index in [0.717, 1.165) is 22.8 Å². The molecule has 1 fully saturated rings. The fourth-order valence-corrected chi connectivity index (χ4v) is 5.50. The summed E-state index contributed by atoms with van der Waals surface area (Å²) in [4.78, 5) is 19.3. The Morgan fingerprint density at radius 2 is 1.73 bits per heavy atom. The van der Waals surface area contributed by atoms with Crippen molar-refractivity contribution in [3.05, 3.63) is 139 Å². The zero-order valence-electron chi connectivity index (χ0n) is 22.5. The van der Waals surface area contributed by atoms with E-state index < -0.39 is 0 Å². The molecule has 204 valence electrons. The molecule has 1 saturated heterocycles. The normalized spacial score (nSPS) is 16.3. The first-order valence-electron chi connectivity index (χ1n) is 13.4. The van der Waals surface area contributed by atoms with Crippen molar-refractivity contribution in [1.82, 2.24) is 14.9 Å². The Bertz CT molecular complexity index is 1650. The molecule has 2 N–H and O–H groups in total. The van der Waals surface area contributed by atoms with Gasteiger partial charge in [0.1, 0.15) is 11.8 Å². The molecule has 3 aromatic carbocycles. The van der Waals surface area contributed by atoms with Crippen LogP contribution >= 0.6 is 12.2 Å². The molecule has 2 atom stereocenters. The summed E-state index contributed by atoms with van der Waals surface area (Å²) in [5, 5.41) is 7.03. The number of carbonyl (C=O) groups is 1. The smallest absolute Gasteiger partial charge is 0.262 e. The highest BCUT2D eigenvalue weighted by molar-refractivity contribution is 7.80. The summed E-state index contributed by atoms with van der Waals surface area (Å²) in [6.07, 6.45) is 3.88. The molecule has 5 aromatic rings. The number of para-hydroxylation sites is 1. The van der Waals surface area contributed by atoms with E-state index in [1.165, 1.54) is 5.56 Å². The van der Waals surface area contributed by atoms with Gasteiger partial charge in [0.25, 0.3) is 5.91 Å². The Kier molecular flexibility index (Phi) is 7.47. The molecule has 0 unspecified atom stereocenters. The van der Waals surface area contributed by atoms with E-state index in [-0.39, 0.29) is 24.6 Å². The molecule has 0 aliphatic carbocycles. The number of aromatic nitrogens is 2. The summed E-state index contributed by atoms with van der Waals surface area (Å²) in [6.45, 7) is 2.02. The molecule has 2 aromatic heterocycles. The van der Waals surface area contributed by atoms with Crippen molar-refractivity contribution in [2.45, 2.75) is 19.0 Å². The summed E-state index contributed by atoms with van der Waals surface area (Å²) in [7, 11) is 0. The monoisotopic (exact) mass is 559 g/mol. The number of nitrogens with one attached hydrogen (secondary N) is 2. The first-order valence-corrected chi connectivity index (χ1v) is 13.8. The molecule has 0 saturated carbocycles. The van der Waals surface area contributed by atoms with E-state index >= 15 is 0 Å². The van der Waals surface area contributed by atoms with Crippen molar-refractivity contribution in [3.63, 3.8) is 0 Å². The predicted octanol–water partition coefficient (Wildman–Crippen LogP) is 6.38. The molecule has 1 amide bonds. The van der Waals surface area contributed by atoms with Crippen molar-refractivity contribution in [3.8, 4) is 11.4 Å². The van der Waals surface area contributed by atoms with Crippen LogP contribution in [-0.2, 0) is 4.79 Å². The fraction of sp³-hybridized carbons (Fsp3) is 0.121. The van der Waals surface area contributed by atoms with Gasteiger partial charge in [0.2, 0.25) is 0 Å². The largest absolute Gasteiger partial charge is 0.484 e. The summed E-state index contributed by atoms with van der Waals surface area (Å²) in [5.41, 5.74) is 5.83. The van der Waals surface area contributed by atoms with E-state index in [2.05, 4.69) is 74.6 Å². The lowest BCUT2D eigenvalue weighted by molar-refractivity contribution is -0.118. The number of rotatable bonds is 8. The van der Waals surface area contributed by atoms with Gasteiger partial charge in [-0.05, 0) is 97.5 Å². The Labute approximate surface area is 244 Å². The first-order chi connectivity index (χ1) is 20.1. The molecule has 7 nitrogen and oxygen atoms in total. The number of aryl methyl sites for hydroxylation is 1. The van der Waals surface area contributed by atoms with Gasteiger partial charge in [0, 0.05) is 35.1 Å². The van der Waals surface area contributed by atoms with Crippen LogP contribution < -0.4 is 20.3 Å². The van der Waals surface area contributed by atoms with Crippen molar-refractivity contribution in [2.24, 2.45) is 0 Å². The number of nitrogens with zero attached hydrogens (tertiary/aromatic N) is 3. The van der Waals surface area contributed by atoms with Gasteiger partial charge in [-0.25, -0.2) is 0 Å². The number of thiocarbonyl (C=S) groups is 1. The van der Waals surface area contributed by atoms with Crippen LogP contribution in [0.2, 0.25) is 0 Å². The van der Waals surface area contributed by atoms with E-state index in [1.54, 1.807) is 6.20 Å². The van der Waals surface area contributed by atoms with Crippen LogP contribution in [0.1, 0.15) is 29.0 Å². The molecule has 8 heteroatoms. The number of hydrogen-bond donors (Lipinski definition) is 2. The minimum Gasteiger partial charge on any atom is -0.484 e. The summed E-state index contributed by atoms with van der Waals surface area (Å²) < 4.78 is 7.78. The molecule has 0 bridgehead atoms. The van der Waals surface area contributed by atoms with E-state index in [4.69, 9.17) is 17.0 Å². The van der Waals surface area contributed by atoms with Gasteiger partial charge >= 0.3 is 0 Å². The second-order valence-corrected chi connectivity index (χ2v) is 10.2. The molecule has 0 radical (unpaired) electrons. The highest BCUT2D eigenvalue weighted by Gasteiger charge is 2.42. The molecular formula is C33H29N5O2S. The van der Waals surface area contributed by atoms with Crippen molar-refractivity contribution < 1.29 is 9.53 Å². The lowest BCUT2D eigenvalue weighted by Crippen LogP contribution is -2.30. The van der Waals surface area contributed by atoms with Crippen LogP contribution in [0.4, 0.5) is 11.4 Å². The maximum atomic E-state index is 12.5. The minimum absolute atomic E-state index is 0.0737. The molecule has 1 aliphatic rings. The SMILES string of the molecule is Cc1cccc(-n2cccc2[C@@H]2[C@H](c3ccccn3)NC(=S)N2c2ccc(NC(=O)COc3ccccc3)cc2)c1. The lowest BCUT2D eigenvalue weighted by atomic mass is 10.0. The molecular weight excluding hydrogens is 530 g/mol. The number of ether oxygens (including phenoxy) is 1. The Morgan fingerprint density at radius 1 is 0.927 bits per heavy atom. The predicted molar refractivity (Wildman–Crippen MR) is 165 cm³/mol. The maximum absolute atomic E-state index is 12.5.